The third kappa shape index (κ3) is 2.36. The predicted molar refractivity (Wildman–Crippen MR) is 65.9 cm³/mol. The van der Waals surface area contributed by atoms with Crippen LogP contribution >= 0.6 is 0 Å². The smallest absolute Gasteiger partial charge is 0.323 e. The van der Waals surface area contributed by atoms with E-state index in [-0.39, 0.29) is 25.0 Å². The number of carbonyl (C=O) groups is 2. The van der Waals surface area contributed by atoms with Crippen LogP contribution in [-0.4, -0.2) is 35.0 Å². The van der Waals surface area contributed by atoms with Crippen molar-refractivity contribution in [2.45, 2.75) is 18.9 Å². The summed E-state index contributed by atoms with van der Waals surface area (Å²) in [5.74, 6) is -1.33. The highest BCUT2D eigenvalue weighted by Gasteiger charge is 2.31. The average Bonchev–Trinajstić information content (AvgIpc) is 2.78. The zero-order valence-corrected chi connectivity index (χ0v) is 10.0. The van der Waals surface area contributed by atoms with Crippen molar-refractivity contribution in [1.82, 2.24) is 4.90 Å². The first-order valence-electron chi connectivity index (χ1n) is 5.92. The van der Waals surface area contributed by atoms with E-state index in [1.165, 1.54) is 10.5 Å². The van der Waals surface area contributed by atoms with Gasteiger partial charge in [-0.25, -0.2) is 0 Å². The molecule has 0 radical (unpaired) electrons. The Bertz CT molecular complexity index is 473. The number of rotatable bonds is 4. The van der Waals surface area contributed by atoms with Crippen LogP contribution < -0.4 is 5.73 Å². The number of aryl methyl sites for hydroxylation is 1. The van der Waals surface area contributed by atoms with Gasteiger partial charge in [-0.15, -0.1) is 0 Å². The van der Waals surface area contributed by atoms with E-state index >= 15 is 0 Å². The molecule has 0 saturated carbocycles. The molecule has 1 unspecified atom stereocenters. The molecule has 96 valence electrons. The van der Waals surface area contributed by atoms with Crippen molar-refractivity contribution >= 4 is 11.9 Å². The molecule has 1 amide bonds. The minimum atomic E-state index is -1.01. The van der Waals surface area contributed by atoms with Crippen LogP contribution in [0, 0.1) is 0 Å². The summed E-state index contributed by atoms with van der Waals surface area (Å²) in [6.07, 6.45) is 1.63. The predicted octanol–water partition coefficient (Wildman–Crippen LogP) is 0.546. The Morgan fingerprint density at radius 3 is 2.78 bits per heavy atom. The van der Waals surface area contributed by atoms with Crippen LogP contribution in [0.15, 0.2) is 24.3 Å². The number of carboxylic acid groups (broad SMARTS) is 1. The summed E-state index contributed by atoms with van der Waals surface area (Å²) in [6, 6.07) is 7.66. The Morgan fingerprint density at radius 1 is 1.39 bits per heavy atom. The zero-order chi connectivity index (χ0) is 13.1. The van der Waals surface area contributed by atoms with Crippen molar-refractivity contribution < 1.29 is 14.7 Å². The average molecular weight is 248 g/mol. The first-order chi connectivity index (χ1) is 8.63. The molecule has 0 aliphatic heterocycles. The largest absolute Gasteiger partial charge is 0.480 e. The summed E-state index contributed by atoms with van der Waals surface area (Å²) in [4.78, 5) is 24.0. The van der Waals surface area contributed by atoms with Crippen molar-refractivity contribution in [1.29, 1.82) is 0 Å². The minimum absolute atomic E-state index is 0.159. The van der Waals surface area contributed by atoms with Crippen LogP contribution in [0.5, 0.6) is 0 Å². The molecule has 1 atom stereocenters. The third-order valence-electron chi connectivity index (χ3n) is 3.28. The molecule has 0 aromatic heterocycles. The lowest BCUT2D eigenvalue weighted by molar-refractivity contribution is -0.145. The Morgan fingerprint density at radius 2 is 2.11 bits per heavy atom. The number of nitrogens with two attached hydrogens (primary N) is 1. The Balaban J connectivity index is 2.27. The normalized spacial score (nSPS) is 17.3. The van der Waals surface area contributed by atoms with Crippen molar-refractivity contribution in [3.8, 4) is 0 Å². The molecule has 5 heteroatoms. The van der Waals surface area contributed by atoms with Crippen LogP contribution in [-0.2, 0) is 16.0 Å². The summed E-state index contributed by atoms with van der Waals surface area (Å²) in [7, 11) is 0. The number of hydrogen-bond donors (Lipinski definition) is 2. The van der Waals surface area contributed by atoms with E-state index in [4.69, 9.17) is 10.8 Å². The molecular weight excluding hydrogens is 232 g/mol. The molecule has 3 N–H and O–H groups in total. The van der Waals surface area contributed by atoms with Gasteiger partial charge in [-0.2, -0.15) is 0 Å². The lowest BCUT2D eigenvalue weighted by Gasteiger charge is -2.27. The quantitative estimate of drug-likeness (QED) is 0.814. The fourth-order valence-electron chi connectivity index (χ4n) is 2.49. The second-order valence-electron chi connectivity index (χ2n) is 4.37. The summed E-state index contributed by atoms with van der Waals surface area (Å²) < 4.78 is 0. The zero-order valence-electron chi connectivity index (χ0n) is 10.0. The van der Waals surface area contributed by atoms with Gasteiger partial charge in [0.05, 0.1) is 12.6 Å². The number of fused-ring (bicyclic) bond motifs is 1. The molecule has 1 aromatic carbocycles. The topological polar surface area (TPSA) is 83.6 Å². The standard InChI is InChI=1S/C13H16N2O3/c14-7-12(16)15(8-13(17)18)11-6-5-9-3-1-2-4-10(9)11/h1-4,11H,5-8,14H2,(H,17,18). The van der Waals surface area contributed by atoms with Gasteiger partial charge in [0.2, 0.25) is 5.91 Å². The number of carbonyl (C=O) groups excluding carboxylic acids is 1. The lowest BCUT2D eigenvalue weighted by Crippen LogP contribution is -2.41. The Kier molecular flexibility index (Phi) is 3.62. The number of hydrogen-bond acceptors (Lipinski definition) is 3. The maximum atomic E-state index is 11.8. The SMILES string of the molecule is NCC(=O)N(CC(=O)O)C1CCc2ccccc21. The molecular formula is C13H16N2O3. The molecule has 0 spiro atoms. The maximum absolute atomic E-state index is 11.8. The van der Waals surface area contributed by atoms with Gasteiger partial charge in [-0.1, -0.05) is 24.3 Å². The van der Waals surface area contributed by atoms with E-state index in [1.54, 1.807) is 0 Å². The Labute approximate surface area is 105 Å². The van der Waals surface area contributed by atoms with Crippen molar-refractivity contribution in [2.75, 3.05) is 13.1 Å². The molecule has 0 saturated heterocycles. The number of carboxylic acids is 1. The fraction of sp³-hybridized carbons (Fsp3) is 0.385. The third-order valence-corrected chi connectivity index (χ3v) is 3.28. The first kappa shape index (κ1) is 12.6. The second-order valence-corrected chi connectivity index (χ2v) is 4.37. The molecule has 0 fully saturated rings. The van der Waals surface area contributed by atoms with Gasteiger partial charge < -0.3 is 15.7 Å². The van der Waals surface area contributed by atoms with Gasteiger partial charge in [-0.3, -0.25) is 9.59 Å². The summed E-state index contributed by atoms with van der Waals surface area (Å²) in [5, 5.41) is 8.90. The van der Waals surface area contributed by atoms with Crippen molar-refractivity contribution in [3.63, 3.8) is 0 Å². The van der Waals surface area contributed by atoms with Gasteiger partial charge in [0.15, 0.2) is 0 Å². The molecule has 5 nitrogen and oxygen atoms in total. The van der Waals surface area contributed by atoms with Gasteiger partial charge >= 0.3 is 5.97 Å². The fourth-order valence-corrected chi connectivity index (χ4v) is 2.49. The molecule has 18 heavy (non-hydrogen) atoms. The van der Waals surface area contributed by atoms with E-state index in [1.807, 2.05) is 24.3 Å². The second kappa shape index (κ2) is 5.18. The van der Waals surface area contributed by atoms with Crippen LogP contribution in [0.25, 0.3) is 0 Å². The molecule has 1 aromatic rings. The van der Waals surface area contributed by atoms with E-state index in [0.29, 0.717) is 0 Å². The van der Waals surface area contributed by atoms with Crippen LogP contribution in [0.3, 0.4) is 0 Å². The monoisotopic (exact) mass is 248 g/mol. The van der Waals surface area contributed by atoms with Crippen molar-refractivity contribution in [3.05, 3.63) is 35.4 Å². The van der Waals surface area contributed by atoms with Crippen molar-refractivity contribution in [2.24, 2.45) is 5.73 Å². The van der Waals surface area contributed by atoms with E-state index < -0.39 is 5.97 Å². The summed E-state index contributed by atoms with van der Waals surface area (Å²) in [6.45, 7) is -0.457. The number of aliphatic carboxylic acids is 1. The van der Waals surface area contributed by atoms with Gasteiger partial charge in [0.1, 0.15) is 6.54 Å². The molecule has 0 bridgehead atoms. The van der Waals surface area contributed by atoms with E-state index in [2.05, 4.69) is 0 Å². The van der Waals surface area contributed by atoms with Gasteiger partial charge in [0, 0.05) is 0 Å². The molecule has 2 rings (SSSR count). The van der Waals surface area contributed by atoms with Crippen LogP contribution in [0.2, 0.25) is 0 Å². The minimum Gasteiger partial charge on any atom is -0.480 e. The highest BCUT2D eigenvalue weighted by molar-refractivity contribution is 5.83. The first-order valence-corrected chi connectivity index (χ1v) is 5.92. The number of amides is 1. The van der Waals surface area contributed by atoms with Crippen LogP contribution in [0.4, 0.5) is 0 Å². The summed E-state index contributed by atoms with van der Waals surface area (Å²) in [5.41, 5.74) is 7.58. The molecule has 1 aliphatic rings. The van der Waals surface area contributed by atoms with Gasteiger partial charge in [-0.05, 0) is 24.0 Å². The van der Waals surface area contributed by atoms with Gasteiger partial charge in [0.25, 0.3) is 0 Å². The molecule has 0 heterocycles. The van der Waals surface area contributed by atoms with E-state index in [9.17, 15) is 9.59 Å². The maximum Gasteiger partial charge on any atom is 0.323 e. The van der Waals surface area contributed by atoms with E-state index in [0.717, 1.165) is 18.4 Å². The Hall–Kier alpha value is -1.88. The number of nitrogens with zero attached hydrogens (tertiary/aromatic N) is 1. The molecule has 1 aliphatic carbocycles. The summed E-state index contributed by atoms with van der Waals surface area (Å²) >= 11 is 0. The highest BCUT2D eigenvalue weighted by atomic mass is 16.4. The number of benzene rings is 1. The van der Waals surface area contributed by atoms with Crippen LogP contribution in [0.1, 0.15) is 23.6 Å². The lowest BCUT2D eigenvalue weighted by atomic mass is 10.1. The highest BCUT2D eigenvalue weighted by Crippen LogP contribution is 2.35.